The van der Waals surface area contributed by atoms with Gasteiger partial charge in [0.15, 0.2) is 0 Å². The van der Waals surface area contributed by atoms with Crippen molar-refractivity contribution >= 4 is 17.4 Å². The number of ketones is 1. The molecule has 0 bridgehead atoms. The number of carbonyl (C=O) groups is 1. The first-order valence-electron chi connectivity index (χ1n) is 6.24. The number of nitrogens with zero attached hydrogens (tertiary/aromatic N) is 4. The third kappa shape index (κ3) is 2.32. The first-order valence-corrected chi connectivity index (χ1v) is 6.24. The lowest BCUT2D eigenvalue weighted by Gasteiger charge is -2.03. The summed E-state index contributed by atoms with van der Waals surface area (Å²) < 4.78 is 1.39. The smallest absolute Gasteiger partial charge is 0.254 e. The maximum absolute atomic E-state index is 12.0. The fourth-order valence-electron chi connectivity index (χ4n) is 1.91. The highest BCUT2D eigenvalue weighted by molar-refractivity contribution is 6.09. The molecule has 3 rings (SSSR count). The molecule has 0 amide bonds. The minimum atomic E-state index is -0.270. The molecule has 0 aliphatic carbocycles. The van der Waals surface area contributed by atoms with Gasteiger partial charge in [0, 0.05) is 5.56 Å². The lowest BCUT2D eigenvalue weighted by atomic mass is 10.1. The van der Waals surface area contributed by atoms with Crippen LogP contribution in [0.2, 0.25) is 0 Å². The fourth-order valence-corrected chi connectivity index (χ4v) is 1.91. The number of rotatable bonds is 1. The highest BCUT2D eigenvalue weighted by Gasteiger charge is 2.10. The number of benzene rings is 1. The second-order valence-corrected chi connectivity index (χ2v) is 4.37. The average molecular weight is 277 g/mol. The largest absolute Gasteiger partial charge is 0.382 e. The number of fused-ring (bicyclic) bond motifs is 1. The van der Waals surface area contributed by atoms with Crippen molar-refractivity contribution in [3.05, 3.63) is 53.5 Å². The number of nitrogens with two attached hydrogens (primary N) is 1. The standard InChI is InChI=1S/C15H11N5O/c1-10-12(14(16)20-15(19-10)17-9-18-20)7-8-13(21)11-5-3-2-4-6-11/h2-6,9H,16H2,1H3. The second-order valence-electron chi connectivity index (χ2n) is 4.37. The molecule has 0 spiro atoms. The van der Waals surface area contributed by atoms with E-state index < -0.39 is 0 Å². The third-order valence-electron chi connectivity index (χ3n) is 2.98. The summed E-state index contributed by atoms with van der Waals surface area (Å²) in [6.45, 7) is 1.77. The number of nitrogen functional groups attached to an aromatic ring is 1. The summed E-state index contributed by atoms with van der Waals surface area (Å²) in [4.78, 5) is 20.2. The summed E-state index contributed by atoms with van der Waals surface area (Å²) in [6.07, 6.45) is 1.37. The summed E-state index contributed by atoms with van der Waals surface area (Å²) >= 11 is 0. The Kier molecular flexibility index (Phi) is 3.09. The molecule has 2 N–H and O–H groups in total. The second kappa shape index (κ2) is 5.06. The summed E-state index contributed by atoms with van der Waals surface area (Å²) in [5.74, 6) is 5.83. The number of aromatic nitrogens is 4. The van der Waals surface area contributed by atoms with E-state index in [2.05, 4.69) is 26.9 Å². The Labute approximate surface area is 120 Å². The van der Waals surface area contributed by atoms with Gasteiger partial charge < -0.3 is 5.73 Å². The molecule has 0 aliphatic rings. The topological polar surface area (TPSA) is 86.2 Å². The van der Waals surface area contributed by atoms with Crippen LogP contribution in [0.1, 0.15) is 21.6 Å². The van der Waals surface area contributed by atoms with E-state index in [1.807, 2.05) is 6.07 Å². The Morgan fingerprint density at radius 1 is 1.29 bits per heavy atom. The van der Waals surface area contributed by atoms with Crippen molar-refractivity contribution in [2.45, 2.75) is 6.92 Å². The molecule has 6 nitrogen and oxygen atoms in total. The van der Waals surface area contributed by atoms with Crippen LogP contribution in [0.4, 0.5) is 5.82 Å². The molecule has 1 aromatic carbocycles. The van der Waals surface area contributed by atoms with Gasteiger partial charge in [-0.1, -0.05) is 36.3 Å². The molecule has 2 aromatic heterocycles. The predicted octanol–water partition coefficient (Wildman–Crippen LogP) is 1.25. The minimum absolute atomic E-state index is 0.270. The molecule has 0 aliphatic heterocycles. The molecule has 6 heteroatoms. The van der Waals surface area contributed by atoms with Crippen LogP contribution in [0.3, 0.4) is 0 Å². The quantitative estimate of drug-likeness (QED) is 0.534. The summed E-state index contributed by atoms with van der Waals surface area (Å²) in [6, 6.07) is 8.85. The van der Waals surface area contributed by atoms with E-state index in [0.717, 1.165) is 0 Å². The molecule has 21 heavy (non-hydrogen) atoms. The Morgan fingerprint density at radius 3 is 2.81 bits per heavy atom. The highest BCUT2D eigenvalue weighted by Crippen LogP contribution is 2.14. The van der Waals surface area contributed by atoms with Crippen molar-refractivity contribution in [1.29, 1.82) is 0 Å². The van der Waals surface area contributed by atoms with E-state index in [0.29, 0.717) is 28.4 Å². The molecule has 2 heterocycles. The van der Waals surface area contributed by atoms with Crippen LogP contribution < -0.4 is 5.73 Å². The van der Waals surface area contributed by atoms with Crippen molar-refractivity contribution < 1.29 is 4.79 Å². The third-order valence-corrected chi connectivity index (χ3v) is 2.98. The summed E-state index contributed by atoms with van der Waals surface area (Å²) in [5, 5.41) is 3.97. The number of anilines is 1. The van der Waals surface area contributed by atoms with Crippen molar-refractivity contribution in [1.82, 2.24) is 19.6 Å². The lowest BCUT2D eigenvalue weighted by molar-refractivity contribution is 0.105. The van der Waals surface area contributed by atoms with Crippen LogP contribution in [0.25, 0.3) is 5.78 Å². The average Bonchev–Trinajstić information content (AvgIpc) is 2.96. The Hall–Kier alpha value is -3.20. The molecule has 0 radical (unpaired) electrons. The van der Waals surface area contributed by atoms with Crippen LogP contribution in [0.5, 0.6) is 0 Å². The van der Waals surface area contributed by atoms with Gasteiger partial charge in [-0.2, -0.15) is 14.6 Å². The van der Waals surface area contributed by atoms with E-state index in [1.54, 1.807) is 31.2 Å². The van der Waals surface area contributed by atoms with Gasteiger partial charge in [-0.15, -0.1) is 0 Å². The van der Waals surface area contributed by atoms with Crippen LogP contribution in [0.15, 0.2) is 36.7 Å². The normalized spacial score (nSPS) is 10.1. The van der Waals surface area contributed by atoms with Crippen LogP contribution in [0, 0.1) is 18.8 Å². The Morgan fingerprint density at radius 2 is 2.05 bits per heavy atom. The van der Waals surface area contributed by atoms with Crippen molar-refractivity contribution in [3.63, 3.8) is 0 Å². The monoisotopic (exact) mass is 277 g/mol. The molecule has 0 saturated heterocycles. The molecular formula is C15H11N5O. The molecule has 102 valence electrons. The molecule has 0 saturated carbocycles. The van der Waals surface area contributed by atoms with Gasteiger partial charge in [-0.05, 0) is 12.8 Å². The Balaban J connectivity index is 2.03. The van der Waals surface area contributed by atoms with Gasteiger partial charge >= 0.3 is 0 Å². The zero-order valence-electron chi connectivity index (χ0n) is 11.2. The van der Waals surface area contributed by atoms with E-state index >= 15 is 0 Å². The maximum atomic E-state index is 12.0. The first kappa shape index (κ1) is 12.8. The van der Waals surface area contributed by atoms with E-state index in [4.69, 9.17) is 5.73 Å². The summed E-state index contributed by atoms with van der Waals surface area (Å²) in [5.41, 5.74) is 7.63. The highest BCUT2D eigenvalue weighted by atomic mass is 16.1. The number of hydrogen-bond donors (Lipinski definition) is 1. The van der Waals surface area contributed by atoms with Crippen molar-refractivity contribution in [2.24, 2.45) is 0 Å². The number of carbonyl (C=O) groups excluding carboxylic acids is 1. The fraction of sp³-hybridized carbons (Fsp3) is 0.0667. The molecule has 0 fully saturated rings. The van der Waals surface area contributed by atoms with Gasteiger partial charge in [0.05, 0.1) is 11.3 Å². The zero-order chi connectivity index (χ0) is 14.8. The van der Waals surface area contributed by atoms with Gasteiger partial charge in [0.2, 0.25) is 5.78 Å². The van der Waals surface area contributed by atoms with E-state index in [9.17, 15) is 4.79 Å². The number of aryl methyl sites for hydroxylation is 1. The maximum Gasteiger partial charge on any atom is 0.254 e. The van der Waals surface area contributed by atoms with Crippen LogP contribution in [-0.4, -0.2) is 25.4 Å². The lowest BCUT2D eigenvalue weighted by Crippen LogP contribution is -2.06. The Bertz CT molecular complexity index is 887. The molecule has 0 unspecified atom stereocenters. The van der Waals surface area contributed by atoms with Gasteiger partial charge in [-0.25, -0.2) is 4.98 Å². The number of Topliss-reactive ketones (excluding diaryl/α,β-unsaturated/α-hetero) is 1. The van der Waals surface area contributed by atoms with Crippen LogP contribution in [-0.2, 0) is 0 Å². The van der Waals surface area contributed by atoms with Crippen molar-refractivity contribution in [2.75, 3.05) is 5.73 Å². The number of hydrogen-bond acceptors (Lipinski definition) is 5. The molecular weight excluding hydrogens is 266 g/mol. The van der Waals surface area contributed by atoms with E-state index in [-0.39, 0.29) is 5.78 Å². The van der Waals surface area contributed by atoms with E-state index in [1.165, 1.54) is 10.8 Å². The zero-order valence-corrected chi connectivity index (χ0v) is 11.2. The minimum Gasteiger partial charge on any atom is -0.382 e. The van der Waals surface area contributed by atoms with Gasteiger partial charge in [-0.3, -0.25) is 4.79 Å². The van der Waals surface area contributed by atoms with Crippen LogP contribution >= 0.6 is 0 Å². The first-order chi connectivity index (χ1) is 10.2. The van der Waals surface area contributed by atoms with Crippen molar-refractivity contribution in [3.8, 4) is 11.8 Å². The predicted molar refractivity (Wildman–Crippen MR) is 77.6 cm³/mol. The molecule has 3 aromatic rings. The molecule has 0 atom stereocenters. The SMILES string of the molecule is Cc1nc2ncnn2c(N)c1C#CC(=O)c1ccccc1. The van der Waals surface area contributed by atoms with Gasteiger partial charge in [0.25, 0.3) is 5.78 Å². The summed E-state index contributed by atoms with van der Waals surface area (Å²) in [7, 11) is 0. The van der Waals surface area contributed by atoms with Gasteiger partial charge in [0.1, 0.15) is 12.1 Å².